The molecule has 18 heavy (non-hydrogen) atoms. The maximum atomic E-state index is 9.51. The molecule has 2 heterocycles. The molecule has 0 saturated carbocycles. The lowest BCUT2D eigenvalue weighted by atomic mass is 9.91. The molecule has 1 aliphatic heterocycles. The highest BCUT2D eigenvalue weighted by Gasteiger charge is 2.27. The van der Waals surface area contributed by atoms with Crippen LogP contribution in [0.5, 0.6) is 0 Å². The number of aliphatic hydroxyl groups is 1. The van der Waals surface area contributed by atoms with E-state index in [1.807, 2.05) is 0 Å². The van der Waals surface area contributed by atoms with Crippen LogP contribution in [0.15, 0.2) is 0 Å². The molecule has 1 atom stereocenters. The molecule has 0 aromatic carbocycles. The van der Waals surface area contributed by atoms with Gasteiger partial charge in [0, 0.05) is 18.0 Å². The Kier molecular flexibility index (Phi) is 3.97. The number of piperidine rings is 1. The van der Waals surface area contributed by atoms with Crippen LogP contribution in [0.25, 0.3) is 0 Å². The van der Waals surface area contributed by atoms with Gasteiger partial charge >= 0.3 is 0 Å². The van der Waals surface area contributed by atoms with Crippen LogP contribution in [0, 0.1) is 0 Å². The predicted molar refractivity (Wildman–Crippen MR) is 77.4 cm³/mol. The number of hydrogen-bond acceptors (Lipinski definition) is 4. The molecule has 0 aliphatic carbocycles. The SMILES string of the molecule is CC1CCCCN1c1nc(C(C)(C)C)c(CO)s1. The topological polar surface area (TPSA) is 36.4 Å². The van der Waals surface area contributed by atoms with Crippen molar-refractivity contribution < 1.29 is 5.11 Å². The third-order valence-corrected chi connectivity index (χ3v) is 4.67. The minimum absolute atomic E-state index is 0.00579. The van der Waals surface area contributed by atoms with Gasteiger partial charge in [0.1, 0.15) is 0 Å². The molecule has 1 unspecified atom stereocenters. The van der Waals surface area contributed by atoms with Crippen LogP contribution in [-0.2, 0) is 12.0 Å². The minimum Gasteiger partial charge on any atom is -0.391 e. The van der Waals surface area contributed by atoms with E-state index in [0.717, 1.165) is 22.2 Å². The Morgan fingerprint density at radius 1 is 1.39 bits per heavy atom. The zero-order chi connectivity index (χ0) is 13.3. The Labute approximate surface area is 114 Å². The molecule has 3 nitrogen and oxygen atoms in total. The van der Waals surface area contributed by atoms with Crippen molar-refractivity contribution in [3.05, 3.63) is 10.6 Å². The van der Waals surface area contributed by atoms with E-state index in [9.17, 15) is 5.11 Å². The average molecular weight is 268 g/mol. The van der Waals surface area contributed by atoms with Crippen molar-refractivity contribution in [3.8, 4) is 0 Å². The minimum atomic E-state index is 0.00579. The van der Waals surface area contributed by atoms with Crippen LogP contribution in [0.1, 0.15) is 57.5 Å². The standard InChI is InChI=1S/C14H24N2OS/c1-10-7-5-6-8-16(10)13-15-12(14(2,3)4)11(9-17)18-13/h10,17H,5-9H2,1-4H3. The van der Waals surface area contributed by atoms with Crippen molar-refractivity contribution in [2.75, 3.05) is 11.4 Å². The molecule has 2 rings (SSSR count). The van der Waals surface area contributed by atoms with Crippen molar-refractivity contribution in [1.29, 1.82) is 0 Å². The van der Waals surface area contributed by atoms with Crippen molar-refractivity contribution in [2.24, 2.45) is 0 Å². The summed E-state index contributed by atoms with van der Waals surface area (Å²) in [7, 11) is 0. The van der Waals surface area contributed by atoms with E-state index in [0.29, 0.717) is 6.04 Å². The third kappa shape index (κ3) is 2.69. The summed E-state index contributed by atoms with van der Waals surface area (Å²) in [4.78, 5) is 8.24. The zero-order valence-corrected chi connectivity index (χ0v) is 12.7. The van der Waals surface area contributed by atoms with E-state index in [1.54, 1.807) is 11.3 Å². The Hall–Kier alpha value is -0.610. The molecule has 0 radical (unpaired) electrons. The van der Waals surface area contributed by atoms with Crippen LogP contribution >= 0.6 is 11.3 Å². The first-order valence-corrected chi connectivity index (χ1v) is 7.63. The number of thiazole rings is 1. The van der Waals surface area contributed by atoms with E-state index in [1.165, 1.54) is 19.3 Å². The fourth-order valence-corrected chi connectivity index (χ4v) is 3.80. The molecule has 0 amide bonds. The second-order valence-electron chi connectivity index (χ2n) is 6.21. The molecular formula is C14H24N2OS. The van der Waals surface area contributed by atoms with Gasteiger partial charge in [0.05, 0.1) is 17.2 Å². The molecular weight excluding hydrogens is 244 g/mol. The normalized spacial score (nSPS) is 21.4. The van der Waals surface area contributed by atoms with Gasteiger partial charge in [0.25, 0.3) is 0 Å². The maximum absolute atomic E-state index is 9.51. The number of aliphatic hydroxyl groups excluding tert-OH is 1. The summed E-state index contributed by atoms with van der Waals surface area (Å²) >= 11 is 1.66. The molecule has 1 saturated heterocycles. The summed E-state index contributed by atoms with van der Waals surface area (Å²) in [6, 6.07) is 0.573. The van der Waals surface area contributed by atoms with E-state index in [-0.39, 0.29) is 12.0 Å². The summed E-state index contributed by atoms with van der Waals surface area (Å²) in [6.45, 7) is 9.95. The summed E-state index contributed by atoms with van der Waals surface area (Å²) < 4.78 is 0. The van der Waals surface area contributed by atoms with Gasteiger partial charge in [-0.1, -0.05) is 32.1 Å². The highest BCUT2D eigenvalue weighted by molar-refractivity contribution is 7.15. The largest absolute Gasteiger partial charge is 0.391 e. The van der Waals surface area contributed by atoms with Gasteiger partial charge in [-0.25, -0.2) is 4.98 Å². The van der Waals surface area contributed by atoms with Gasteiger partial charge in [0.15, 0.2) is 5.13 Å². The van der Waals surface area contributed by atoms with Crippen LogP contribution in [0.4, 0.5) is 5.13 Å². The van der Waals surface area contributed by atoms with Gasteiger partial charge in [-0.05, 0) is 26.2 Å². The van der Waals surface area contributed by atoms with Crippen molar-refractivity contribution in [1.82, 2.24) is 4.98 Å². The third-order valence-electron chi connectivity index (χ3n) is 3.59. The molecule has 1 aliphatic rings. The van der Waals surface area contributed by atoms with E-state index in [2.05, 4.69) is 32.6 Å². The number of rotatable bonds is 2. The molecule has 1 aromatic rings. The van der Waals surface area contributed by atoms with Crippen LogP contribution in [0.3, 0.4) is 0 Å². The molecule has 1 fully saturated rings. The second-order valence-corrected chi connectivity index (χ2v) is 7.28. The fourth-order valence-electron chi connectivity index (χ4n) is 2.54. The van der Waals surface area contributed by atoms with E-state index in [4.69, 9.17) is 4.98 Å². The van der Waals surface area contributed by atoms with Gasteiger partial charge in [-0.3, -0.25) is 0 Å². The fraction of sp³-hybridized carbons (Fsp3) is 0.786. The van der Waals surface area contributed by atoms with Crippen molar-refractivity contribution >= 4 is 16.5 Å². The van der Waals surface area contributed by atoms with Gasteiger partial charge in [-0.2, -0.15) is 0 Å². The molecule has 0 bridgehead atoms. The summed E-state index contributed by atoms with van der Waals surface area (Å²) in [5.74, 6) is 0. The lowest BCUT2D eigenvalue weighted by molar-refractivity contribution is 0.282. The van der Waals surface area contributed by atoms with Gasteiger partial charge in [-0.15, -0.1) is 0 Å². The lowest BCUT2D eigenvalue weighted by Crippen LogP contribution is -2.37. The summed E-state index contributed by atoms with van der Waals surface area (Å²) in [5.41, 5.74) is 1.06. The van der Waals surface area contributed by atoms with Crippen LogP contribution < -0.4 is 4.90 Å². The highest BCUT2D eigenvalue weighted by atomic mass is 32.1. The van der Waals surface area contributed by atoms with Gasteiger partial charge < -0.3 is 10.0 Å². The average Bonchev–Trinajstić information content (AvgIpc) is 2.73. The lowest BCUT2D eigenvalue weighted by Gasteiger charge is -2.33. The van der Waals surface area contributed by atoms with Crippen molar-refractivity contribution in [3.63, 3.8) is 0 Å². The Morgan fingerprint density at radius 2 is 2.11 bits per heavy atom. The first-order chi connectivity index (χ1) is 8.43. The monoisotopic (exact) mass is 268 g/mol. The second kappa shape index (κ2) is 5.17. The Bertz CT molecular complexity index is 408. The highest BCUT2D eigenvalue weighted by Crippen LogP contribution is 2.36. The van der Waals surface area contributed by atoms with Gasteiger partial charge in [0.2, 0.25) is 0 Å². The quantitative estimate of drug-likeness (QED) is 0.894. The number of aromatic nitrogens is 1. The first kappa shape index (κ1) is 13.8. The van der Waals surface area contributed by atoms with Crippen LogP contribution in [0.2, 0.25) is 0 Å². The Morgan fingerprint density at radius 3 is 2.61 bits per heavy atom. The molecule has 1 aromatic heterocycles. The molecule has 102 valence electrons. The number of nitrogens with zero attached hydrogens (tertiary/aromatic N) is 2. The molecule has 4 heteroatoms. The number of hydrogen-bond donors (Lipinski definition) is 1. The smallest absolute Gasteiger partial charge is 0.186 e. The first-order valence-electron chi connectivity index (χ1n) is 6.81. The van der Waals surface area contributed by atoms with Crippen LogP contribution in [-0.4, -0.2) is 22.7 Å². The van der Waals surface area contributed by atoms with Crippen molar-refractivity contribution in [2.45, 2.75) is 65.0 Å². The van der Waals surface area contributed by atoms with E-state index >= 15 is 0 Å². The Balaban J connectivity index is 2.31. The summed E-state index contributed by atoms with van der Waals surface area (Å²) in [6.07, 6.45) is 3.82. The van der Waals surface area contributed by atoms with E-state index < -0.39 is 0 Å². The summed E-state index contributed by atoms with van der Waals surface area (Å²) in [5, 5.41) is 10.6. The maximum Gasteiger partial charge on any atom is 0.186 e. The predicted octanol–water partition coefficient (Wildman–Crippen LogP) is 3.31. The number of anilines is 1. The molecule has 1 N–H and O–H groups in total. The zero-order valence-electron chi connectivity index (χ0n) is 11.9. The molecule has 0 spiro atoms.